The normalized spacial score (nSPS) is 22.0. The number of allylic oxidation sites excluding steroid dienone is 2. The van der Waals surface area contributed by atoms with Crippen LogP contribution in [0.15, 0.2) is 23.8 Å². The third-order valence-electron chi connectivity index (χ3n) is 1.41. The molecule has 1 aliphatic carbocycles. The molecule has 3 nitrogen and oxygen atoms in total. The Kier molecular flexibility index (Phi) is 1.70. The van der Waals surface area contributed by atoms with Crippen LogP contribution in [0.2, 0.25) is 0 Å². The highest BCUT2D eigenvalue weighted by Gasteiger charge is 2.15. The van der Waals surface area contributed by atoms with E-state index in [4.69, 9.17) is 11.5 Å². The molecule has 54 valence electrons. The molecule has 1 aliphatic rings. The maximum absolute atomic E-state index is 10.2. The molecule has 0 radical (unpaired) electrons. The molecule has 0 bridgehead atoms. The average molecular weight is 138 g/mol. The van der Waals surface area contributed by atoms with E-state index in [9.17, 15) is 4.79 Å². The van der Waals surface area contributed by atoms with Crippen molar-refractivity contribution in [3.05, 3.63) is 23.8 Å². The van der Waals surface area contributed by atoms with Gasteiger partial charge in [0.15, 0.2) is 0 Å². The summed E-state index contributed by atoms with van der Waals surface area (Å²) < 4.78 is 0. The fraction of sp³-hybridized carbons (Fsp3) is 0.286. The molecule has 0 aromatic carbocycles. The van der Waals surface area contributed by atoms with Gasteiger partial charge in [0.25, 0.3) is 0 Å². The number of carbonyl (C=O) groups excluding carboxylic acids is 1. The zero-order valence-electron chi connectivity index (χ0n) is 5.58. The molecule has 10 heavy (non-hydrogen) atoms. The summed E-state index contributed by atoms with van der Waals surface area (Å²) in [5.41, 5.74) is 10.9. The summed E-state index contributed by atoms with van der Waals surface area (Å²) in [4.78, 5) is 10.2. The first-order chi connectivity index (χ1) is 4.64. The van der Waals surface area contributed by atoms with Crippen LogP contribution >= 0.6 is 0 Å². The summed E-state index contributed by atoms with van der Waals surface area (Å²) in [5, 5.41) is 0. The topological polar surface area (TPSA) is 69.1 Å². The summed E-state index contributed by atoms with van der Waals surface area (Å²) in [6.45, 7) is 0. The zero-order valence-corrected chi connectivity index (χ0v) is 5.58. The SMILES string of the molecule is NC1(N)C=CC(C=O)=CC1. The van der Waals surface area contributed by atoms with Crippen molar-refractivity contribution in [2.75, 3.05) is 0 Å². The Hall–Kier alpha value is -0.930. The first-order valence-corrected chi connectivity index (χ1v) is 3.06. The third-order valence-corrected chi connectivity index (χ3v) is 1.41. The van der Waals surface area contributed by atoms with E-state index in [1.165, 1.54) is 0 Å². The van der Waals surface area contributed by atoms with Crippen molar-refractivity contribution in [1.82, 2.24) is 0 Å². The minimum absolute atomic E-state index is 0.525. The minimum Gasteiger partial charge on any atom is -0.310 e. The summed E-state index contributed by atoms with van der Waals surface area (Å²) in [7, 11) is 0. The van der Waals surface area contributed by atoms with Gasteiger partial charge in [-0.1, -0.05) is 12.2 Å². The Balaban J connectivity index is 2.72. The largest absolute Gasteiger partial charge is 0.310 e. The lowest BCUT2D eigenvalue weighted by atomic mass is 9.99. The van der Waals surface area contributed by atoms with Crippen LogP contribution in [0.5, 0.6) is 0 Å². The van der Waals surface area contributed by atoms with Crippen LogP contribution in [-0.2, 0) is 4.79 Å². The van der Waals surface area contributed by atoms with E-state index >= 15 is 0 Å². The lowest BCUT2D eigenvalue weighted by Gasteiger charge is -2.20. The number of nitrogens with two attached hydrogens (primary N) is 2. The molecule has 0 aromatic heterocycles. The summed E-state index contributed by atoms with van der Waals surface area (Å²) in [6.07, 6.45) is 6.31. The summed E-state index contributed by atoms with van der Waals surface area (Å²) in [6, 6.07) is 0. The lowest BCUT2D eigenvalue weighted by Crippen LogP contribution is -2.47. The Labute approximate surface area is 59.4 Å². The van der Waals surface area contributed by atoms with Gasteiger partial charge in [-0.15, -0.1) is 0 Å². The van der Waals surface area contributed by atoms with Gasteiger partial charge < -0.3 is 11.5 Å². The number of hydrogen-bond donors (Lipinski definition) is 2. The molecule has 0 saturated carbocycles. The molecule has 0 saturated heterocycles. The van der Waals surface area contributed by atoms with E-state index in [2.05, 4.69) is 0 Å². The molecular formula is C7H10N2O. The van der Waals surface area contributed by atoms with E-state index in [-0.39, 0.29) is 0 Å². The predicted octanol–water partition coefficient (Wildman–Crippen LogP) is -0.315. The fourth-order valence-corrected chi connectivity index (χ4v) is 0.769. The van der Waals surface area contributed by atoms with Crippen molar-refractivity contribution in [2.24, 2.45) is 11.5 Å². The van der Waals surface area contributed by atoms with Crippen molar-refractivity contribution in [2.45, 2.75) is 12.1 Å². The monoisotopic (exact) mass is 138 g/mol. The number of aldehydes is 1. The zero-order chi connectivity index (χ0) is 7.61. The van der Waals surface area contributed by atoms with Gasteiger partial charge in [0.2, 0.25) is 0 Å². The van der Waals surface area contributed by atoms with Crippen LogP contribution < -0.4 is 11.5 Å². The number of carbonyl (C=O) groups is 1. The minimum atomic E-state index is -0.757. The smallest absolute Gasteiger partial charge is 0.149 e. The highest BCUT2D eigenvalue weighted by Crippen LogP contribution is 2.11. The standard InChI is InChI=1S/C7H10N2O/c8-7(9)3-1-6(5-10)2-4-7/h1-3,5H,4,8-9H2. The van der Waals surface area contributed by atoms with Gasteiger partial charge in [0.1, 0.15) is 6.29 Å². The summed E-state index contributed by atoms with van der Waals surface area (Å²) >= 11 is 0. The molecule has 0 aliphatic heterocycles. The predicted molar refractivity (Wildman–Crippen MR) is 39.0 cm³/mol. The second kappa shape index (κ2) is 2.36. The van der Waals surface area contributed by atoms with E-state index in [1.807, 2.05) is 0 Å². The fourth-order valence-electron chi connectivity index (χ4n) is 0.769. The van der Waals surface area contributed by atoms with E-state index in [1.54, 1.807) is 18.2 Å². The molecule has 0 aromatic rings. The van der Waals surface area contributed by atoms with Gasteiger partial charge in [-0.3, -0.25) is 4.79 Å². The van der Waals surface area contributed by atoms with Crippen molar-refractivity contribution in [3.63, 3.8) is 0 Å². The number of rotatable bonds is 1. The Bertz CT molecular complexity index is 204. The van der Waals surface area contributed by atoms with Gasteiger partial charge in [0.05, 0.1) is 5.66 Å². The highest BCUT2D eigenvalue weighted by atomic mass is 16.1. The maximum Gasteiger partial charge on any atom is 0.149 e. The average Bonchev–Trinajstić information content (AvgIpc) is 1.88. The molecule has 0 unspecified atom stereocenters. The first kappa shape index (κ1) is 7.18. The van der Waals surface area contributed by atoms with Crippen molar-refractivity contribution in [1.29, 1.82) is 0 Å². The summed E-state index contributed by atoms with van der Waals surface area (Å²) in [5.74, 6) is 0. The second-order valence-corrected chi connectivity index (χ2v) is 2.47. The molecule has 0 spiro atoms. The highest BCUT2D eigenvalue weighted by molar-refractivity contribution is 5.78. The van der Waals surface area contributed by atoms with Gasteiger partial charge in [0, 0.05) is 12.0 Å². The quantitative estimate of drug-likeness (QED) is 0.385. The molecule has 0 heterocycles. The molecule has 0 atom stereocenters. The van der Waals surface area contributed by atoms with Crippen molar-refractivity contribution in [3.8, 4) is 0 Å². The second-order valence-electron chi connectivity index (χ2n) is 2.47. The molecular weight excluding hydrogens is 128 g/mol. The van der Waals surface area contributed by atoms with Crippen LogP contribution in [-0.4, -0.2) is 11.9 Å². The molecule has 3 heteroatoms. The van der Waals surface area contributed by atoms with Gasteiger partial charge in [-0.05, 0) is 6.08 Å². The molecule has 1 rings (SSSR count). The van der Waals surface area contributed by atoms with Crippen LogP contribution in [0.3, 0.4) is 0 Å². The molecule has 4 N–H and O–H groups in total. The van der Waals surface area contributed by atoms with Crippen LogP contribution in [0.4, 0.5) is 0 Å². The Morgan fingerprint density at radius 2 is 2.30 bits per heavy atom. The molecule has 0 amide bonds. The van der Waals surface area contributed by atoms with Crippen LogP contribution in [0.25, 0.3) is 0 Å². The van der Waals surface area contributed by atoms with Crippen LogP contribution in [0, 0.1) is 0 Å². The molecule has 0 fully saturated rings. The maximum atomic E-state index is 10.2. The first-order valence-electron chi connectivity index (χ1n) is 3.06. The van der Waals surface area contributed by atoms with Crippen LogP contribution in [0.1, 0.15) is 6.42 Å². The lowest BCUT2D eigenvalue weighted by molar-refractivity contribution is -0.104. The van der Waals surface area contributed by atoms with Gasteiger partial charge >= 0.3 is 0 Å². The number of hydrogen-bond acceptors (Lipinski definition) is 3. The van der Waals surface area contributed by atoms with Crippen molar-refractivity contribution >= 4 is 6.29 Å². The van der Waals surface area contributed by atoms with Crippen molar-refractivity contribution < 1.29 is 4.79 Å². The Morgan fingerprint density at radius 1 is 1.60 bits per heavy atom. The Morgan fingerprint density at radius 3 is 2.70 bits per heavy atom. The third kappa shape index (κ3) is 1.52. The van der Waals surface area contributed by atoms with E-state index < -0.39 is 5.66 Å². The van der Waals surface area contributed by atoms with E-state index in [0.29, 0.717) is 12.0 Å². The van der Waals surface area contributed by atoms with E-state index in [0.717, 1.165) is 6.29 Å². The van der Waals surface area contributed by atoms with Gasteiger partial charge in [-0.25, -0.2) is 0 Å². The van der Waals surface area contributed by atoms with Gasteiger partial charge in [-0.2, -0.15) is 0 Å².